The zero-order valence-electron chi connectivity index (χ0n) is 37.2. The number of fused-ring (bicyclic) bond motifs is 2. The quantitative estimate of drug-likeness (QED) is 0.110. The molecule has 0 saturated carbocycles. The first kappa shape index (κ1) is 44.2. The van der Waals surface area contributed by atoms with Crippen molar-refractivity contribution in [1.82, 2.24) is 39.7 Å². The minimum absolute atomic E-state index is 0.0314. The standard InChI is InChI=1S/C53H52Cl2N8O2/c1-5-11-33(6-2)22-41-27-46(64)44-28-42(37-20-32(3)57-47(54)25-37)50(61-53(44)59-41)36-15-10-12-34(21-36)23-40-24-38(26-48(55)58-40)43-29-45-51(65)39(31-63-18-16-62(4)17-19-63)30-56-52(45)60-49(43)35-13-8-7-9-14-35/h7-10,12-15,20-21,24-30,33H,5-6,11,16-19,22-23,31H2,1-4H3,(H,56,60,65)(H,59,61,64). The number of pyridine rings is 6. The molecule has 1 aliphatic rings. The average Bonchev–Trinajstić information content (AvgIpc) is 3.29. The van der Waals surface area contributed by atoms with Gasteiger partial charge in [0, 0.05) is 96.3 Å². The first-order valence-corrected chi connectivity index (χ1v) is 23.3. The van der Waals surface area contributed by atoms with Gasteiger partial charge in [-0.25, -0.2) is 19.9 Å². The lowest BCUT2D eigenvalue weighted by Crippen LogP contribution is -2.44. The van der Waals surface area contributed by atoms with Gasteiger partial charge in [-0.3, -0.25) is 14.5 Å². The molecule has 0 radical (unpaired) electrons. The number of piperazine rings is 1. The predicted octanol–water partition coefficient (Wildman–Crippen LogP) is 10.9. The number of halogens is 2. The first-order valence-electron chi connectivity index (χ1n) is 22.5. The van der Waals surface area contributed by atoms with E-state index in [4.69, 9.17) is 38.2 Å². The molecule has 2 aromatic carbocycles. The molecule has 65 heavy (non-hydrogen) atoms. The van der Waals surface area contributed by atoms with E-state index in [0.717, 1.165) is 114 Å². The summed E-state index contributed by atoms with van der Waals surface area (Å²) in [5.74, 6) is 0.473. The summed E-state index contributed by atoms with van der Waals surface area (Å²) in [6, 6.07) is 31.5. The maximum atomic E-state index is 14.2. The molecule has 0 aliphatic carbocycles. The van der Waals surface area contributed by atoms with Crippen molar-refractivity contribution in [2.75, 3.05) is 33.2 Å². The Balaban J connectivity index is 1.11. The lowest BCUT2D eigenvalue weighted by molar-refractivity contribution is 0.148. The van der Waals surface area contributed by atoms with Gasteiger partial charge < -0.3 is 14.9 Å². The summed E-state index contributed by atoms with van der Waals surface area (Å²) in [5, 5.41) is 1.73. The Morgan fingerprint density at radius 2 is 1.40 bits per heavy atom. The minimum atomic E-state index is -0.0680. The van der Waals surface area contributed by atoms with Gasteiger partial charge in [0.25, 0.3) is 0 Å². The minimum Gasteiger partial charge on any atom is -0.346 e. The van der Waals surface area contributed by atoms with Crippen LogP contribution in [0.5, 0.6) is 0 Å². The Hall–Kier alpha value is -6.04. The van der Waals surface area contributed by atoms with Crippen LogP contribution in [0.1, 0.15) is 61.3 Å². The van der Waals surface area contributed by atoms with Gasteiger partial charge in [-0.15, -0.1) is 0 Å². The second-order valence-electron chi connectivity index (χ2n) is 17.4. The number of hydrogen-bond acceptors (Lipinski definition) is 8. The van der Waals surface area contributed by atoms with E-state index in [2.05, 4.69) is 57.8 Å². The van der Waals surface area contributed by atoms with Crippen molar-refractivity contribution < 1.29 is 0 Å². The van der Waals surface area contributed by atoms with E-state index >= 15 is 0 Å². The van der Waals surface area contributed by atoms with E-state index < -0.39 is 0 Å². The summed E-state index contributed by atoms with van der Waals surface area (Å²) >= 11 is 13.4. The fourth-order valence-electron chi connectivity index (χ4n) is 9.15. The molecule has 8 aromatic rings. The van der Waals surface area contributed by atoms with E-state index in [0.29, 0.717) is 62.5 Å². The molecule has 0 bridgehead atoms. The molecule has 7 heterocycles. The van der Waals surface area contributed by atoms with Crippen molar-refractivity contribution in [2.24, 2.45) is 5.92 Å². The third-order valence-electron chi connectivity index (χ3n) is 12.6. The maximum absolute atomic E-state index is 14.2. The van der Waals surface area contributed by atoms with Gasteiger partial charge in [0.15, 0.2) is 10.9 Å². The SMILES string of the molecule is CCCC(CC)Cc1cc(=O)c2cc(-c3cc(C)nc(Cl)c3)c(-c3cccc(Cc4cc(-c5cc6c(=O)c(CN7CCN(C)CC7)c[nH]c6nc5-c5ccccc5)cc(Cl)n4)c3)nc2[nH]1. The fourth-order valence-corrected chi connectivity index (χ4v) is 9.63. The van der Waals surface area contributed by atoms with Crippen LogP contribution in [0, 0.1) is 12.8 Å². The molecular weight excluding hydrogens is 852 g/mol. The van der Waals surface area contributed by atoms with Crippen LogP contribution in [0.4, 0.5) is 0 Å². The third-order valence-corrected chi connectivity index (χ3v) is 13.0. The Morgan fingerprint density at radius 1 is 0.708 bits per heavy atom. The Kier molecular flexibility index (Phi) is 13.1. The van der Waals surface area contributed by atoms with Crippen LogP contribution in [-0.4, -0.2) is 72.9 Å². The van der Waals surface area contributed by atoms with Gasteiger partial charge in [0.05, 0.1) is 22.2 Å². The highest BCUT2D eigenvalue weighted by Crippen LogP contribution is 2.37. The summed E-state index contributed by atoms with van der Waals surface area (Å²) in [6.45, 7) is 10.6. The number of nitrogens with one attached hydrogen (secondary N) is 2. The summed E-state index contributed by atoms with van der Waals surface area (Å²) in [6.07, 6.45) is 6.28. The van der Waals surface area contributed by atoms with Gasteiger partial charge in [0.2, 0.25) is 0 Å². The highest BCUT2D eigenvalue weighted by Gasteiger charge is 2.21. The lowest BCUT2D eigenvalue weighted by Gasteiger charge is -2.32. The number of aromatic amines is 2. The zero-order valence-corrected chi connectivity index (χ0v) is 38.7. The molecule has 1 atom stereocenters. The number of hydrogen-bond donors (Lipinski definition) is 2. The van der Waals surface area contributed by atoms with Crippen molar-refractivity contribution in [2.45, 2.75) is 59.4 Å². The summed E-state index contributed by atoms with van der Waals surface area (Å²) in [4.78, 5) is 59.0. The second-order valence-corrected chi connectivity index (χ2v) is 18.2. The van der Waals surface area contributed by atoms with Crippen molar-refractivity contribution in [1.29, 1.82) is 0 Å². The maximum Gasteiger partial charge on any atom is 0.195 e. The largest absolute Gasteiger partial charge is 0.346 e. The number of aryl methyl sites for hydroxylation is 1. The van der Waals surface area contributed by atoms with E-state index in [-0.39, 0.29) is 10.9 Å². The molecule has 1 saturated heterocycles. The van der Waals surface area contributed by atoms with Gasteiger partial charge in [0.1, 0.15) is 21.6 Å². The zero-order chi connectivity index (χ0) is 45.2. The molecule has 12 heteroatoms. The van der Waals surface area contributed by atoms with Crippen LogP contribution in [0.3, 0.4) is 0 Å². The number of benzene rings is 2. The molecule has 1 aliphatic heterocycles. The van der Waals surface area contributed by atoms with Gasteiger partial charge >= 0.3 is 0 Å². The summed E-state index contributed by atoms with van der Waals surface area (Å²) in [5.41, 5.74) is 11.5. The molecule has 0 amide bonds. The molecule has 330 valence electrons. The van der Waals surface area contributed by atoms with E-state index in [1.807, 2.05) is 92.0 Å². The topological polar surface area (TPSA) is 124 Å². The van der Waals surface area contributed by atoms with Crippen molar-refractivity contribution in [3.05, 3.63) is 162 Å². The van der Waals surface area contributed by atoms with Crippen molar-refractivity contribution in [3.63, 3.8) is 0 Å². The molecule has 1 unspecified atom stereocenters. The first-order chi connectivity index (χ1) is 31.5. The summed E-state index contributed by atoms with van der Waals surface area (Å²) in [7, 11) is 2.13. The van der Waals surface area contributed by atoms with E-state index in [9.17, 15) is 9.59 Å². The smallest absolute Gasteiger partial charge is 0.195 e. The van der Waals surface area contributed by atoms with Crippen molar-refractivity contribution in [3.8, 4) is 44.8 Å². The van der Waals surface area contributed by atoms with E-state index in [1.165, 1.54) is 0 Å². The van der Waals surface area contributed by atoms with Crippen LogP contribution in [0.2, 0.25) is 10.3 Å². The van der Waals surface area contributed by atoms with Crippen LogP contribution in [0.25, 0.3) is 66.8 Å². The van der Waals surface area contributed by atoms with Crippen molar-refractivity contribution >= 4 is 45.3 Å². The van der Waals surface area contributed by atoms with Crippen LogP contribution >= 0.6 is 23.2 Å². The number of rotatable bonds is 13. The highest BCUT2D eigenvalue weighted by atomic mass is 35.5. The number of aromatic nitrogens is 6. The van der Waals surface area contributed by atoms with Gasteiger partial charge in [-0.05, 0) is 85.5 Å². The third kappa shape index (κ3) is 9.82. The molecular formula is C53H52Cl2N8O2. The number of nitrogens with zero attached hydrogens (tertiary/aromatic N) is 6. The normalized spacial score (nSPS) is 14.1. The Bertz CT molecular complexity index is 3140. The van der Waals surface area contributed by atoms with Crippen LogP contribution < -0.4 is 10.9 Å². The molecule has 0 spiro atoms. The molecule has 1 fully saturated rings. The Labute approximate surface area is 388 Å². The molecule has 10 nitrogen and oxygen atoms in total. The summed E-state index contributed by atoms with van der Waals surface area (Å²) < 4.78 is 0. The van der Waals surface area contributed by atoms with Gasteiger partial charge in [-0.2, -0.15) is 0 Å². The second kappa shape index (κ2) is 19.2. The molecule has 9 rings (SSSR count). The number of H-pyrrole nitrogens is 2. The monoisotopic (exact) mass is 902 g/mol. The average molecular weight is 904 g/mol. The Morgan fingerprint density at radius 3 is 2.14 bits per heavy atom. The highest BCUT2D eigenvalue weighted by molar-refractivity contribution is 6.30. The van der Waals surface area contributed by atoms with Crippen LogP contribution in [-0.2, 0) is 19.4 Å². The van der Waals surface area contributed by atoms with E-state index in [1.54, 1.807) is 6.07 Å². The molecule has 2 N–H and O–H groups in total. The molecule has 6 aromatic heterocycles. The van der Waals surface area contributed by atoms with Crippen LogP contribution in [0.15, 0.2) is 113 Å². The fraction of sp³-hybridized carbons (Fsp3) is 0.283. The lowest BCUT2D eigenvalue weighted by atomic mass is 9.94. The number of likely N-dealkylation sites (N-methyl/N-ethyl adjacent to an activating group) is 1. The van der Waals surface area contributed by atoms with Gasteiger partial charge in [-0.1, -0.05) is 105 Å². The predicted molar refractivity (Wildman–Crippen MR) is 265 cm³/mol.